The Morgan fingerprint density at radius 3 is 2.71 bits per heavy atom. The molecule has 0 amide bonds. The van der Waals surface area contributed by atoms with Crippen LogP contribution in [0.2, 0.25) is 0 Å². The molecule has 1 atom stereocenters. The summed E-state index contributed by atoms with van der Waals surface area (Å²) in [5.74, 6) is 1.43. The molecule has 1 aromatic rings. The van der Waals surface area contributed by atoms with Crippen molar-refractivity contribution in [3.8, 4) is 0 Å². The minimum absolute atomic E-state index is 0.124. The molecule has 1 fully saturated rings. The second kappa shape index (κ2) is 6.10. The van der Waals surface area contributed by atoms with Gasteiger partial charge in [-0.05, 0) is 49.8 Å². The number of hydrogen-bond donors (Lipinski definition) is 1. The highest BCUT2D eigenvalue weighted by atomic mass is 32.2. The number of carbonyl (C=O) groups excluding carboxylic acids is 1. The van der Waals surface area contributed by atoms with Crippen LogP contribution in [0.25, 0.3) is 0 Å². The molecular weight excluding hydrogens is 230 g/mol. The van der Waals surface area contributed by atoms with Crippen molar-refractivity contribution in [2.75, 3.05) is 17.6 Å². The van der Waals surface area contributed by atoms with Crippen LogP contribution in [-0.4, -0.2) is 23.3 Å². The Hall–Kier alpha value is -0.960. The molecule has 17 heavy (non-hydrogen) atoms. The molecule has 1 N–H and O–H groups in total. The molecule has 0 spiro atoms. The summed E-state index contributed by atoms with van der Waals surface area (Å²) in [4.78, 5) is 11.1. The monoisotopic (exact) mass is 249 g/mol. The van der Waals surface area contributed by atoms with E-state index in [-0.39, 0.29) is 5.78 Å². The fourth-order valence-corrected chi connectivity index (χ4v) is 3.26. The van der Waals surface area contributed by atoms with Crippen LogP contribution in [0, 0.1) is 0 Å². The van der Waals surface area contributed by atoms with E-state index in [9.17, 15) is 4.79 Å². The van der Waals surface area contributed by atoms with E-state index in [1.807, 2.05) is 24.3 Å². The third-order valence-corrected chi connectivity index (χ3v) is 4.50. The first-order valence-electron chi connectivity index (χ1n) is 6.22. The highest BCUT2D eigenvalue weighted by Gasteiger charge is 2.13. The maximum Gasteiger partial charge on any atom is 0.159 e. The van der Waals surface area contributed by atoms with Gasteiger partial charge in [-0.15, -0.1) is 0 Å². The summed E-state index contributed by atoms with van der Waals surface area (Å²) in [7, 11) is 0. The van der Waals surface area contributed by atoms with Crippen molar-refractivity contribution >= 4 is 23.2 Å². The van der Waals surface area contributed by atoms with Gasteiger partial charge >= 0.3 is 0 Å². The predicted octanol–water partition coefficient (Wildman–Crippen LogP) is 3.59. The van der Waals surface area contributed by atoms with Gasteiger partial charge in [0.2, 0.25) is 0 Å². The lowest BCUT2D eigenvalue weighted by Gasteiger charge is -2.21. The maximum atomic E-state index is 11.1. The number of carbonyl (C=O) groups is 1. The van der Waals surface area contributed by atoms with Crippen molar-refractivity contribution < 1.29 is 4.79 Å². The van der Waals surface area contributed by atoms with Crippen LogP contribution in [0.15, 0.2) is 24.3 Å². The number of hydrogen-bond acceptors (Lipinski definition) is 3. The number of ketones is 1. The van der Waals surface area contributed by atoms with E-state index in [1.54, 1.807) is 6.92 Å². The van der Waals surface area contributed by atoms with Gasteiger partial charge in [-0.1, -0.05) is 6.42 Å². The fraction of sp³-hybridized carbons (Fsp3) is 0.500. The Morgan fingerprint density at radius 1 is 1.35 bits per heavy atom. The van der Waals surface area contributed by atoms with Crippen molar-refractivity contribution in [2.24, 2.45) is 0 Å². The zero-order valence-corrected chi connectivity index (χ0v) is 11.1. The average Bonchev–Trinajstić information content (AvgIpc) is 2.38. The minimum Gasteiger partial charge on any atom is -0.384 e. The molecule has 1 heterocycles. The number of thioether (sulfide) groups is 1. The molecule has 1 aliphatic heterocycles. The Bertz CT molecular complexity index is 368. The summed E-state index contributed by atoms with van der Waals surface area (Å²) < 4.78 is 0. The van der Waals surface area contributed by atoms with Crippen LogP contribution >= 0.6 is 11.8 Å². The molecule has 1 unspecified atom stereocenters. The molecule has 0 saturated carbocycles. The van der Waals surface area contributed by atoms with Crippen molar-refractivity contribution in [3.63, 3.8) is 0 Å². The first kappa shape index (κ1) is 12.5. The lowest BCUT2D eigenvalue weighted by molar-refractivity contribution is 0.101. The van der Waals surface area contributed by atoms with Gasteiger partial charge in [0, 0.05) is 23.0 Å². The van der Waals surface area contributed by atoms with Crippen molar-refractivity contribution in [2.45, 2.75) is 31.4 Å². The lowest BCUT2D eigenvalue weighted by Crippen LogP contribution is -2.19. The molecule has 2 rings (SSSR count). The summed E-state index contributed by atoms with van der Waals surface area (Å²) in [6.45, 7) is 2.63. The fourth-order valence-electron chi connectivity index (χ4n) is 2.02. The molecule has 2 nitrogen and oxygen atoms in total. The highest BCUT2D eigenvalue weighted by Crippen LogP contribution is 2.25. The third kappa shape index (κ3) is 3.77. The number of rotatable bonds is 4. The van der Waals surface area contributed by atoms with Gasteiger partial charge in [-0.3, -0.25) is 4.79 Å². The number of nitrogens with one attached hydrogen (secondary N) is 1. The van der Waals surface area contributed by atoms with Gasteiger partial charge in [0.05, 0.1) is 0 Å². The molecule has 3 heteroatoms. The zero-order valence-electron chi connectivity index (χ0n) is 10.2. The van der Waals surface area contributed by atoms with Crippen LogP contribution in [-0.2, 0) is 0 Å². The number of benzene rings is 1. The Balaban J connectivity index is 1.84. The third-order valence-electron chi connectivity index (χ3n) is 3.10. The lowest BCUT2D eigenvalue weighted by atomic mass is 10.1. The Morgan fingerprint density at radius 2 is 2.12 bits per heavy atom. The van der Waals surface area contributed by atoms with E-state index < -0.39 is 0 Å². The van der Waals surface area contributed by atoms with Crippen LogP contribution in [0.5, 0.6) is 0 Å². The van der Waals surface area contributed by atoms with Crippen molar-refractivity contribution in [3.05, 3.63) is 29.8 Å². The molecule has 0 bridgehead atoms. The van der Waals surface area contributed by atoms with E-state index in [1.165, 1.54) is 25.0 Å². The standard InChI is InChI=1S/C14H19NOS/c1-11(16)12-5-7-13(8-6-12)15-10-14-4-2-3-9-17-14/h5-8,14-15H,2-4,9-10H2,1H3. The van der Waals surface area contributed by atoms with Gasteiger partial charge < -0.3 is 5.32 Å². The molecule has 92 valence electrons. The van der Waals surface area contributed by atoms with Gasteiger partial charge in [0.25, 0.3) is 0 Å². The van der Waals surface area contributed by atoms with Gasteiger partial charge in [-0.25, -0.2) is 0 Å². The van der Waals surface area contributed by atoms with Crippen LogP contribution in [0.4, 0.5) is 5.69 Å². The molecule has 0 aromatic heterocycles. The molecule has 0 radical (unpaired) electrons. The molecule has 0 aliphatic carbocycles. The van der Waals surface area contributed by atoms with Crippen molar-refractivity contribution in [1.29, 1.82) is 0 Å². The second-order valence-corrected chi connectivity index (χ2v) is 5.91. The van der Waals surface area contributed by atoms with E-state index in [0.29, 0.717) is 0 Å². The van der Waals surface area contributed by atoms with Gasteiger partial charge in [-0.2, -0.15) is 11.8 Å². The molecule has 1 aromatic carbocycles. The summed E-state index contributed by atoms with van der Waals surface area (Å²) in [5, 5.41) is 4.19. The summed E-state index contributed by atoms with van der Waals surface area (Å²) in [6.07, 6.45) is 4.06. The first-order chi connectivity index (χ1) is 8.25. The smallest absolute Gasteiger partial charge is 0.159 e. The molecule has 1 saturated heterocycles. The quantitative estimate of drug-likeness (QED) is 0.827. The van der Waals surface area contributed by atoms with E-state index in [0.717, 1.165) is 23.0 Å². The normalized spacial score (nSPS) is 19.9. The van der Waals surface area contributed by atoms with Crippen LogP contribution in [0.3, 0.4) is 0 Å². The Labute approximate surface area is 107 Å². The summed E-state index contributed by atoms with van der Waals surface area (Å²) in [6, 6.07) is 7.76. The summed E-state index contributed by atoms with van der Waals surface area (Å²) in [5.41, 5.74) is 1.89. The topological polar surface area (TPSA) is 29.1 Å². The average molecular weight is 249 g/mol. The number of anilines is 1. The van der Waals surface area contributed by atoms with Crippen LogP contribution < -0.4 is 5.32 Å². The van der Waals surface area contributed by atoms with Crippen molar-refractivity contribution in [1.82, 2.24) is 0 Å². The first-order valence-corrected chi connectivity index (χ1v) is 7.27. The van der Waals surface area contributed by atoms with E-state index in [4.69, 9.17) is 0 Å². The van der Waals surface area contributed by atoms with Gasteiger partial charge in [0.1, 0.15) is 0 Å². The predicted molar refractivity (Wildman–Crippen MR) is 75.0 cm³/mol. The van der Waals surface area contributed by atoms with Crippen LogP contribution in [0.1, 0.15) is 36.5 Å². The highest BCUT2D eigenvalue weighted by molar-refractivity contribution is 7.99. The summed E-state index contributed by atoms with van der Waals surface area (Å²) >= 11 is 2.07. The largest absolute Gasteiger partial charge is 0.384 e. The number of Topliss-reactive ketones (excluding diaryl/α,β-unsaturated/α-hetero) is 1. The molecule has 1 aliphatic rings. The maximum absolute atomic E-state index is 11.1. The van der Waals surface area contributed by atoms with E-state index in [2.05, 4.69) is 17.1 Å². The Kier molecular flexibility index (Phi) is 4.49. The minimum atomic E-state index is 0.124. The zero-order chi connectivity index (χ0) is 12.1. The second-order valence-electron chi connectivity index (χ2n) is 4.50. The van der Waals surface area contributed by atoms with Gasteiger partial charge in [0.15, 0.2) is 5.78 Å². The van der Waals surface area contributed by atoms with E-state index >= 15 is 0 Å². The SMILES string of the molecule is CC(=O)c1ccc(NCC2CCCCS2)cc1. The molecular formula is C14H19NOS.